The van der Waals surface area contributed by atoms with E-state index in [0.29, 0.717) is 6.54 Å². The number of β-amino-alcohol motifs (C(OH)–C–C–N with tert-alkyl or cyclic N) is 1. The van der Waals surface area contributed by atoms with Gasteiger partial charge in [-0.1, -0.05) is 0 Å². The predicted octanol–water partition coefficient (Wildman–Crippen LogP) is -1.51. The number of hydrogen-bond acceptors (Lipinski definition) is 4. The normalized spacial score (nSPS) is 36.5. The van der Waals surface area contributed by atoms with Crippen LogP contribution in [0.2, 0.25) is 0 Å². The zero-order valence-electron chi connectivity index (χ0n) is 7.82. The number of nitrogens with zero attached hydrogens (tertiary/aromatic N) is 1. The first-order chi connectivity index (χ1) is 6.29. The number of rotatable bonds is 3. The number of aliphatic hydroxyl groups excluding tert-OH is 2. The van der Waals surface area contributed by atoms with Crippen LogP contribution >= 0.6 is 0 Å². The second-order valence-corrected chi connectivity index (χ2v) is 4.23. The Morgan fingerprint density at radius 1 is 1.31 bits per heavy atom. The molecule has 3 atom stereocenters. The van der Waals surface area contributed by atoms with Gasteiger partial charge in [0.25, 0.3) is 0 Å². The van der Waals surface area contributed by atoms with Gasteiger partial charge in [0, 0.05) is 19.6 Å². The molecule has 0 aromatic heterocycles. The van der Waals surface area contributed by atoms with E-state index in [1.54, 1.807) is 0 Å². The minimum absolute atomic E-state index is 0.121. The fourth-order valence-electron chi connectivity index (χ4n) is 2.46. The van der Waals surface area contributed by atoms with Crippen LogP contribution in [0.5, 0.6) is 0 Å². The molecule has 0 aromatic rings. The molecule has 2 fully saturated rings. The summed E-state index contributed by atoms with van der Waals surface area (Å²) in [5, 5.41) is 21.4. The number of aliphatic hydroxyl groups is 2. The average molecular weight is 186 g/mol. The summed E-state index contributed by atoms with van der Waals surface area (Å²) in [6, 6.07) is 0. The molecule has 0 saturated carbocycles. The van der Waals surface area contributed by atoms with E-state index in [1.165, 1.54) is 0 Å². The number of nitrogens with one attached hydrogen (secondary N) is 1. The Morgan fingerprint density at radius 2 is 1.92 bits per heavy atom. The maximum Gasteiger partial charge on any atom is 0.0897 e. The SMILES string of the molecule is OCC(O)CN1C[C@H]2CNC[C@H]2C1. The van der Waals surface area contributed by atoms with Gasteiger partial charge in [0.1, 0.15) is 0 Å². The van der Waals surface area contributed by atoms with E-state index in [9.17, 15) is 5.11 Å². The van der Waals surface area contributed by atoms with Crippen molar-refractivity contribution in [2.24, 2.45) is 11.8 Å². The summed E-state index contributed by atoms with van der Waals surface area (Å²) in [6.45, 7) is 4.91. The second kappa shape index (κ2) is 3.92. The summed E-state index contributed by atoms with van der Waals surface area (Å²) in [5.74, 6) is 1.54. The van der Waals surface area contributed by atoms with Crippen molar-refractivity contribution in [3.63, 3.8) is 0 Å². The topological polar surface area (TPSA) is 55.7 Å². The lowest BCUT2D eigenvalue weighted by Crippen LogP contribution is -2.34. The predicted molar refractivity (Wildman–Crippen MR) is 49.4 cm³/mol. The van der Waals surface area contributed by atoms with Crippen molar-refractivity contribution in [3.8, 4) is 0 Å². The van der Waals surface area contributed by atoms with Crippen LogP contribution < -0.4 is 5.32 Å². The molecule has 1 unspecified atom stereocenters. The van der Waals surface area contributed by atoms with Crippen LogP contribution in [-0.4, -0.2) is 60.5 Å². The van der Waals surface area contributed by atoms with Crippen molar-refractivity contribution >= 4 is 0 Å². The van der Waals surface area contributed by atoms with E-state index in [4.69, 9.17) is 5.11 Å². The van der Waals surface area contributed by atoms with Crippen molar-refractivity contribution in [3.05, 3.63) is 0 Å². The van der Waals surface area contributed by atoms with Crippen molar-refractivity contribution in [2.75, 3.05) is 39.3 Å². The third-order valence-electron chi connectivity index (χ3n) is 3.14. The van der Waals surface area contributed by atoms with Gasteiger partial charge in [0.15, 0.2) is 0 Å². The smallest absolute Gasteiger partial charge is 0.0897 e. The molecule has 2 aliphatic heterocycles. The first kappa shape index (κ1) is 9.40. The van der Waals surface area contributed by atoms with E-state index in [0.717, 1.165) is 38.0 Å². The molecule has 2 rings (SSSR count). The number of fused-ring (bicyclic) bond motifs is 1. The summed E-state index contributed by atoms with van der Waals surface area (Å²) >= 11 is 0. The fourth-order valence-corrected chi connectivity index (χ4v) is 2.46. The van der Waals surface area contributed by atoms with Gasteiger partial charge < -0.3 is 20.4 Å². The molecule has 2 saturated heterocycles. The van der Waals surface area contributed by atoms with E-state index in [2.05, 4.69) is 10.2 Å². The molecular formula is C9H18N2O2. The third kappa shape index (κ3) is 2.02. The first-order valence-corrected chi connectivity index (χ1v) is 5.01. The Hall–Kier alpha value is -0.160. The van der Waals surface area contributed by atoms with Gasteiger partial charge in [0.2, 0.25) is 0 Å². The van der Waals surface area contributed by atoms with Crippen molar-refractivity contribution in [1.29, 1.82) is 0 Å². The molecule has 2 heterocycles. The zero-order valence-corrected chi connectivity index (χ0v) is 7.82. The molecule has 4 heteroatoms. The molecule has 0 spiro atoms. The maximum atomic E-state index is 9.27. The van der Waals surface area contributed by atoms with Gasteiger partial charge in [-0.15, -0.1) is 0 Å². The van der Waals surface area contributed by atoms with E-state index in [1.807, 2.05) is 0 Å². The molecule has 0 radical (unpaired) electrons. The monoisotopic (exact) mass is 186 g/mol. The highest BCUT2D eigenvalue weighted by Gasteiger charge is 2.36. The number of likely N-dealkylation sites (tertiary alicyclic amines) is 1. The second-order valence-electron chi connectivity index (χ2n) is 4.23. The van der Waals surface area contributed by atoms with Gasteiger partial charge in [-0.25, -0.2) is 0 Å². The standard InChI is InChI=1S/C9H18N2O2/c12-6-9(13)5-11-3-7-1-10-2-8(7)4-11/h7-10,12-13H,1-6H2/t7-,8+,9?. The van der Waals surface area contributed by atoms with Crippen LogP contribution in [0.1, 0.15) is 0 Å². The summed E-state index contributed by atoms with van der Waals surface area (Å²) < 4.78 is 0. The van der Waals surface area contributed by atoms with Crippen LogP contribution in [0.15, 0.2) is 0 Å². The van der Waals surface area contributed by atoms with E-state index < -0.39 is 6.10 Å². The molecule has 0 amide bonds. The lowest BCUT2D eigenvalue weighted by Gasteiger charge is -2.19. The molecule has 0 aliphatic carbocycles. The summed E-state index contributed by atoms with van der Waals surface area (Å²) in [4.78, 5) is 2.26. The van der Waals surface area contributed by atoms with Gasteiger partial charge in [-0.2, -0.15) is 0 Å². The third-order valence-corrected chi connectivity index (χ3v) is 3.14. The highest BCUT2D eigenvalue weighted by Crippen LogP contribution is 2.25. The summed E-state index contributed by atoms with van der Waals surface area (Å²) in [5.41, 5.74) is 0. The van der Waals surface area contributed by atoms with E-state index >= 15 is 0 Å². The van der Waals surface area contributed by atoms with Crippen LogP contribution in [0, 0.1) is 11.8 Å². The fraction of sp³-hybridized carbons (Fsp3) is 1.00. The molecule has 3 N–H and O–H groups in total. The Morgan fingerprint density at radius 3 is 2.46 bits per heavy atom. The highest BCUT2D eigenvalue weighted by atomic mass is 16.3. The molecule has 76 valence electrons. The molecule has 0 bridgehead atoms. The van der Waals surface area contributed by atoms with Crippen LogP contribution in [0.3, 0.4) is 0 Å². The Labute approximate surface area is 78.5 Å². The minimum atomic E-state index is -0.563. The summed E-state index contributed by atoms with van der Waals surface area (Å²) in [6.07, 6.45) is -0.563. The largest absolute Gasteiger partial charge is 0.394 e. The lowest BCUT2D eigenvalue weighted by atomic mass is 10.0. The van der Waals surface area contributed by atoms with Gasteiger partial charge >= 0.3 is 0 Å². The van der Waals surface area contributed by atoms with Crippen molar-refractivity contribution < 1.29 is 10.2 Å². The van der Waals surface area contributed by atoms with Crippen molar-refractivity contribution in [2.45, 2.75) is 6.10 Å². The van der Waals surface area contributed by atoms with E-state index in [-0.39, 0.29) is 6.61 Å². The Kier molecular flexibility index (Phi) is 2.83. The summed E-state index contributed by atoms with van der Waals surface area (Å²) in [7, 11) is 0. The molecule has 2 aliphatic rings. The number of hydrogen-bond donors (Lipinski definition) is 3. The quantitative estimate of drug-likeness (QED) is 0.501. The zero-order chi connectivity index (χ0) is 9.26. The molecular weight excluding hydrogens is 168 g/mol. The average Bonchev–Trinajstić information content (AvgIpc) is 2.63. The van der Waals surface area contributed by atoms with Crippen molar-refractivity contribution in [1.82, 2.24) is 10.2 Å². The minimum Gasteiger partial charge on any atom is -0.394 e. The molecule has 13 heavy (non-hydrogen) atoms. The van der Waals surface area contributed by atoms with Crippen LogP contribution in [-0.2, 0) is 0 Å². The molecule has 0 aromatic carbocycles. The van der Waals surface area contributed by atoms with Gasteiger partial charge in [-0.05, 0) is 24.9 Å². The Balaban J connectivity index is 1.78. The van der Waals surface area contributed by atoms with Crippen LogP contribution in [0.25, 0.3) is 0 Å². The highest BCUT2D eigenvalue weighted by molar-refractivity contribution is 4.91. The maximum absolute atomic E-state index is 9.27. The first-order valence-electron chi connectivity index (χ1n) is 5.01. The van der Waals surface area contributed by atoms with Crippen LogP contribution in [0.4, 0.5) is 0 Å². The van der Waals surface area contributed by atoms with Gasteiger partial charge in [0.05, 0.1) is 12.7 Å². The lowest BCUT2D eigenvalue weighted by molar-refractivity contribution is 0.0641. The van der Waals surface area contributed by atoms with Gasteiger partial charge in [-0.3, -0.25) is 0 Å². The Bertz CT molecular complexity index is 162. The molecule has 4 nitrogen and oxygen atoms in total.